The Morgan fingerprint density at radius 1 is 1.20 bits per heavy atom. The zero-order chi connectivity index (χ0) is 17.8. The van der Waals surface area contributed by atoms with Crippen LogP contribution in [0.2, 0.25) is 0 Å². The van der Waals surface area contributed by atoms with Crippen LogP contribution in [0.4, 0.5) is 8.78 Å². The van der Waals surface area contributed by atoms with E-state index in [1.165, 1.54) is 29.8 Å². The van der Waals surface area contributed by atoms with Gasteiger partial charge in [0.05, 0.1) is 5.41 Å². The maximum atomic E-state index is 12.9. The van der Waals surface area contributed by atoms with Crippen molar-refractivity contribution in [2.75, 3.05) is 0 Å². The summed E-state index contributed by atoms with van der Waals surface area (Å²) in [4.78, 5) is 4.48. The average Bonchev–Trinajstić information content (AvgIpc) is 3.03. The topological polar surface area (TPSA) is 56.7 Å². The van der Waals surface area contributed by atoms with Crippen LogP contribution >= 0.6 is 0 Å². The number of halogens is 2. The normalized spacial score (nSPS) is 15.8. The summed E-state index contributed by atoms with van der Waals surface area (Å²) in [6, 6.07) is 7.63. The van der Waals surface area contributed by atoms with Crippen LogP contribution in [0.15, 0.2) is 28.8 Å². The largest absolute Gasteiger partial charge is 0.332 e. The first kappa shape index (κ1) is 15.9. The molecule has 1 saturated carbocycles. The minimum absolute atomic E-state index is 0.175. The second-order valence-electron chi connectivity index (χ2n) is 6.70. The fourth-order valence-corrected chi connectivity index (χ4v) is 3.30. The van der Waals surface area contributed by atoms with Crippen molar-refractivity contribution in [1.82, 2.24) is 19.9 Å². The SMILES string of the molecule is Cc1ccc(C)c(C2(c3noc(-c4cc(C(F)F)n(C)n4)n3)CC2)c1. The van der Waals surface area contributed by atoms with Crippen LogP contribution in [0.1, 0.15) is 47.5 Å². The molecule has 0 radical (unpaired) electrons. The first-order chi connectivity index (χ1) is 11.9. The van der Waals surface area contributed by atoms with Gasteiger partial charge in [-0.3, -0.25) is 4.68 Å². The lowest BCUT2D eigenvalue weighted by Crippen LogP contribution is -2.13. The molecule has 2 heterocycles. The highest BCUT2D eigenvalue weighted by atomic mass is 19.3. The first-order valence-corrected chi connectivity index (χ1v) is 8.15. The highest BCUT2D eigenvalue weighted by molar-refractivity contribution is 5.50. The Morgan fingerprint density at radius 3 is 2.60 bits per heavy atom. The van der Waals surface area contributed by atoms with Crippen molar-refractivity contribution >= 4 is 0 Å². The summed E-state index contributed by atoms with van der Waals surface area (Å²) in [5.41, 5.74) is 3.43. The highest BCUT2D eigenvalue weighted by Gasteiger charge is 2.50. The molecule has 5 nitrogen and oxygen atoms in total. The van der Waals surface area contributed by atoms with Crippen LogP contribution < -0.4 is 0 Å². The molecule has 7 heteroatoms. The Balaban J connectivity index is 1.72. The fourth-order valence-electron chi connectivity index (χ4n) is 3.30. The van der Waals surface area contributed by atoms with Crippen LogP contribution in [0, 0.1) is 13.8 Å². The quantitative estimate of drug-likeness (QED) is 0.715. The lowest BCUT2D eigenvalue weighted by molar-refractivity contribution is 0.141. The number of benzene rings is 1. The van der Waals surface area contributed by atoms with Crippen LogP contribution in [0.5, 0.6) is 0 Å². The standard InChI is InChI=1S/C18H18F2N4O/c1-10-4-5-11(2)12(8-10)18(6-7-18)17-21-16(25-23-17)13-9-14(15(19)20)24(3)22-13/h4-5,8-9,15H,6-7H2,1-3H3. The van der Waals surface area contributed by atoms with Crippen LogP contribution in [0.3, 0.4) is 0 Å². The van der Waals surface area contributed by atoms with Gasteiger partial charge in [0, 0.05) is 7.05 Å². The summed E-state index contributed by atoms with van der Waals surface area (Å²) in [5.74, 6) is 0.773. The molecule has 3 aromatic rings. The van der Waals surface area contributed by atoms with Crippen molar-refractivity contribution in [3.8, 4) is 11.6 Å². The number of alkyl halides is 2. The molecule has 0 bridgehead atoms. The number of aromatic nitrogens is 4. The maximum absolute atomic E-state index is 12.9. The molecule has 0 unspecified atom stereocenters. The third-order valence-corrected chi connectivity index (χ3v) is 4.87. The Bertz CT molecular complexity index is 940. The van der Waals surface area contributed by atoms with Gasteiger partial charge in [-0.2, -0.15) is 10.1 Å². The number of hydrogen-bond donors (Lipinski definition) is 0. The zero-order valence-corrected chi connectivity index (χ0v) is 14.3. The minimum atomic E-state index is -2.60. The van der Waals surface area contributed by atoms with Crippen molar-refractivity contribution in [3.05, 3.63) is 52.5 Å². The van der Waals surface area contributed by atoms with E-state index in [1.807, 2.05) is 0 Å². The van der Waals surface area contributed by atoms with E-state index in [0.29, 0.717) is 5.82 Å². The summed E-state index contributed by atoms with van der Waals surface area (Å²) < 4.78 is 32.4. The van der Waals surface area contributed by atoms with Crippen LogP contribution in [-0.4, -0.2) is 19.9 Å². The summed E-state index contributed by atoms with van der Waals surface area (Å²) in [6.45, 7) is 4.13. The van der Waals surface area contributed by atoms with E-state index in [1.54, 1.807) is 0 Å². The number of aryl methyl sites for hydroxylation is 3. The number of rotatable bonds is 4. The zero-order valence-electron chi connectivity index (χ0n) is 14.3. The van der Waals surface area contributed by atoms with E-state index in [2.05, 4.69) is 47.3 Å². The molecular weight excluding hydrogens is 326 g/mol. The summed E-state index contributed by atoms with van der Waals surface area (Å²) in [5, 5.41) is 8.20. The summed E-state index contributed by atoms with van der Waals surface area (Å²) in [6.07, 6.45) is -0.708. The van der Waals surface area contributed by atoms with Gasteiger partial charge in [-0.15, -0.1) is 0 Å². The molecule has 0 aliphatic heterocycles. The molecule has 0 atom stereocenters. The van der Waals surface area contributed by atoms with Gasteiger partial charge in [-0.05, 0) is 43.9 Å². The van der Waals surface area contributed by atoms with Crippen LogP contribution in [0.25, 0.3) is 11.6 Å². The average molecular weight is 344 g/mol. The predicted octanol–water partition coefficient (Wildman–Crippen LogP) is 4.10. The Hall–Kier alpha value is -2.57. The van der Waals surface area contributed by atoms with Gasteiger partial charge in [0.1, 0.15) is 5.69 Å². The maximum Gasteiger partial charge on any atom is 0.280 e. The van der Waals surface area contributed by atoms with Crippen molar-refractivity contribution in [1.29, 1.82) is 0 Å². The van der Waals surface area contributed by atoms with E-state index >= 15 is 0 Å². The summed E-state index contributed by atoms with van der Waals surface area (Å²) in [7, 11) is 1.47. The second-order valence-corrected chi connectivity index (χ2v) is 6.70. The molecule has 4 rings (SSSR count). The third kappa shape index (κ3) is 2.54. The van der Waals surface area contributed by atoms with Gasteiger partial charge in [0.25, 0.3) is 12.3 Å². The molecule has 1 aliphatic rings. The van der Waals surface area contributed by atoms with Crippen molar-refractivity contribution < 1.29 is 13.3 Å². The Morgan fingerprint density at radius 2 is 1.96 bits per heavy atom. The number of hydrogen-bond acceptors (Lipinski definition) is 4. The van der Waals surface area contributed by atoms with Crippen molar-refractivity contribution in [3.63, 3.8) is 0 Å². The van der Waals surface area contributed by atoms with E-state index in [-0.39, 0.29) is 22.7 Å². The Labute approximate surface area is 143 Å². The van der Waals surface area contributed by atoms with E-state index < -0.39 is 6.43 Å². The van der Waals surface area contributed by atoms with Gasteiger partial charge < -0.3 is 4.52 Å². The Kier molecular flexibility index (Phi) is 3.49. The molecule has 0 N–H and O–H groups in total. The second kappa shape index (κ2) is 5.47. The third-order valence-electron chi connectivity index (χ3n) is 4.87. The lowest BCUT2D eigenvalue weighted by atomic mass is 9.90. The van der Waals surface area contributed by atoms with Gasteiger partial charge in [-0.25, -0.2) is 8.78 Å². The summed E-state index contributed by atoms with van der Waals surface area (Å²) >= 11 is 0. The van der Waals surface area contributed by atoms with Gasteiger partial charge in [0.15, 0.2) is 11.5 Å². The van der Waals surface area contributed by atoms with E-state index in [4.69, 9.17) is 4.52 Å². The molecule has 1 aromatic carbocycles. The highest BCUT2D eigenvalue weighted by Crippen LogP contribution is 2.53. The van der Waals surface area contributed by atoms with Crippen molar-refractivity contribution in [2.24, 2.45) is 7.05 Å². The molecule has 0 spiro atoms. The molecule has 130 valence electrons. The minimum Gasteiger partial charge on any atom is -0.332 e. The van der Waals surface area contributed by atoms with E-state index in [0.717, 1.165) is 17.5 Å². The first-order valence-electron chi connectivity index (χ1n) is 8.15. The van der Waals surface area contributed by atoms with Gasteiger partial charge >= 0.3 is 0 Å². The number of nitrogens with zero attached hydrogens (tertiary/aromatic N) is 4. The lowest BCUT2D eigenvalue weighted by Gasteiger charge is -2.15. The molecule has 1 aliphatic carbocycles. The van der Waals surface area contributed by atoms with Gasteiger partial charge in [0.2, 0.25) is 0 Å². The smallest absolute Gasteiger partial charge is 0.280 e. The van der Waals surface area contributed by atoms with E-state index in [9.17, 15) is 8.78 Å². The molecule has 0 amide bonds. The fraction of sp³-hybridized carbons (Fsp3) is 0.389. The predicted molar refractivity (Wildman–Crippen MR) is 87.4 cm³/mol. The van der Waals surface area contributed by atoms with Crippen LogP contribution in [-0.2, 0) is 12.5 Å². The molecular formula is C18H18F2N4O. The molecule has 2 aromatic heterocycles. The van der Waals surface area contributed by atoms with Gasteiger partial charge in [-0.1, -0.05) is 28.9 Å². The molecule has 0 saturated heterocycles. The molecule has 25 heavy (non-hydrogen) atoms. The molecule has 1 fully saturated rings. The van der Waals surface area contributed by atoms with Crippen molar-refractivity contribution in [2.45, 2.75) is 38.5 Å². The monoisotopic (exact) mass is 344 g/mol.